The fourth-order valence-corrected chi connectivity index (χ4v) is 2.73. The molecule has 2 rings (SSSR count). The lowest BCUT2D eigenvalue weighted by Gasteiger charge is -2.22. The SMILES string of the molecule is COCC(=O)Nc1ccc(NC(=O)C(NC(=O)c2cccc(C)c2)C(C)C)cc1. The molecule has 1 unspecified atom stereocenters. The Kier molecular flexibility index (Phi) is 7.91. The maximum atomic E-state index is 12.7. The van der Waals surface area contributed by atoms with Crippen LogP contribution >= 0.6 is 0 Å². The van der Waals surface area contributed by atoms with Crippen LogP contribution in [0.25, 0.3) is 0 Å². The van der Waals surface area contributed by atoms with E-state index < -0.39 is 6.04 Å². The number of hydrogen-bond donors (Lipinski definition) is 3. The van der Waals surface area contributed by atoms with Crippen molar-refractivity contribution in [3.05, 3.63) is 59.7 Å². The lowest BCUT2D eigenvalue weighted by atomic mass is 10.0. The Bertz CT molecular complexity index is 863. The number of methoxy groups -OCH3 is 1. The minimum Gasteiger partial charge on any atom is -0.375 e. The second kappa shape index (κ2) is 10.4. The molecule has 3 amide bonds. The zero-order valence-electron chi connectivity index (χ0n) is 17.1. The summed E-state index contributed by atoms with van der Waals surface area (Å²) < 4.78 is 4.77. The molecule has 7 nitrogen and oxygen atoms in total. The first-order chi connectivity index (χ1) is 13.8. The molecule has 0 saturated carbocycles. The highest BCUT2D eigenvalue weighted by Gasteiger charge is 2.24. The second-order valence-electron chi connectivity index (χ2n) is 7.11. The largest absolute Gasteiger partial charge is 0.375 e. The van der Waals surface area contributed by atoms with Crippen molar-refractivity contribution in [2.75, 3.05) is 24.4 Å². The van der Waals surface area contributed by atoms with Crippen LogP contribution in [0.3, 0.4) is 0 Å². The summed E-state index contributed by atoms with van der Waals surface area (Å²) in [5.41, 5.74) is 2.65. The van der Waals surface area contributed by atoms with E-state index in [1.165, 1.54) is 7.11 Å². The molecule has 3 N–H and O–H groups in total. The van der Waals surface area contributed by atoms with Gasteiger partial charge < -0.3 is 20.7 Å². The summed E-state index contributed by atoms with van der Waals surface area (Å²) in [5.74, 6) is -0.963. The number of hydrogen-bond acceptors (Lipinski definition) is 4. The Labute approximate surface area is 170 Å². The van der Waals surface area contributed by atoms with Crippen molar-refractivity contribution >= 4 is 29.1 Å². The van der Waals surface area contributed by atoms with E-state index in [9.17, 15) is 14.4 Å². The highest BCUT2D eigenvalue weighted by Crippen LogP contribution is 2.15. The molecule has 0 aliphatic rings. The van der Waals surface area contributed by atoms with Gasteiger partial charge in [0.05, 0.1) is 0 Å². The maximum Gasteiger partial charge on any atom is 0.251 e. The topological polar surface area (TPSA) is 96.5 Å². The van der Waals surface area contributed by atoms with Crippen molar-refractivity contribution in [1.82, 2.24) is 5.32 Å². The van der Waals surface area contributed by atoms with Gasteiger partial charge in [0.1, 0.15) is 12.6 Å². The van der Waals surface area contributed by atoms with Crippen LogP contribution in [-0.4, -0.2) is 37.5 Å². The fourth-order valence-electron chi connectivity index (χ4n) is 2.73. The van der Waals surface area contributed by atoms with Gasteiger partial charge in [0.2, 0.25) is 11.8 Å². The van der Waals surface area contributed by atoms with Crippen molar-refractivity contribution < 1.29 is 19.1 Å². The van der Waals surface area contributed by atoms with Crippen molar-refractivity contribution in [1.29, 1.82) is 0 Å². The molecule has 29 heavy (non-hydrogen) atoms. The summed E-state index contributed by atoms with van der Waals surface area (Å²) >= 11 is 0. The van der Waals surface area contributed by atoms with Crippen LogP contribution in [0.5, 0.6) is 0 Å². The van der Waals surface area contributed by atoms with Crippen LogP contribution in [0.15, 0.2) is 48.5 Å². The monoisotopic (exact) mass is 397 g/mol. The van der Waals surface area contributed by atoms with Crippen LogP contribution in [0, 0.1) is 12.8 Å². The third kappa shape index (κ3) is 6.73. The molecule has 0 fully saturated rings. The summed E-state index contributed by atoms with van der Waals surface area (Å²) in [7, 11) is 1.45. The molecular weight excluding hydrogens is 370 g/mol. The fraction of sp³-hybridized carbons (Fsp3) is 0.318. The van der Waals surface area contributed by atoms with E-state index in [0.29, 0.717) is 16.9 Å². The molecule has 0 aliphatic heterocycles. The van der Waals surface area contributed by atoms with Gasteiger partial charge in [-0.3, -0.25) is 14.4 Å². The average molecular weight is 397 g/mol. The van der Waals surface area contributed by atoms with E-state index >= 15 is 0 Å². The van der Waals surface area contributed by atoms with Gasteiger partial charge in [0.25, 0.3) is 5.91 Å². The van der Waals surface area contributed by atoms with Crippen molar-refractivity contribution in [3.63, 3.8) is 0 Å². The molecule has 0 aromatic heterocycles. The van der Waals surface area contributed by atoms with Gasteiger partial charge >= 0.3 is 0 Å². The van der Waals surface area contributed by atoms with E-state index in [0.717, 1.165) is 5.56 Å². The highest BCUT2D eigenvalue weighted by atomic mass is 16.5. The number of rotatable bonds is 8. The third-order valence-corrected chi connectivity index (χ3v) is 4.23. The van der Waals surface area contributed by atoms with E-state index in [-0.39, 0.29) is 30.2 Å². The molecule has 1 atom stereocenters. The predicted octanol–water partition coefficient (Wildman–Crippen LogP) is 2.97. The summed E-state index contributed by atoms with van der Waals surface area (Å²) in [6, 6.07) is 13.2. The minimum absolute atomic E-state index is 0.0325. The van der Waals surface area contributed by atoms with Crippen molar-refractivity contribution in [2.24, 2.45) is 5.92 Å². The maximum absolute atomic E-state index is 12.7. The van der Waals surface area contributed by atoms with Crippen LogP contribution in [0.2, 0.25) is 0 Å². The van der Waals surface area contributed by atoms with Gasteiger partial charge in [-0.2, -0.15) is 0 Å². The molecular formula is C22H27N3O4. The number of amides is 3. The average Bonchev–Trinajstić information content (AvgIpc) is 2.67. The van der Waals surface area contributed by atoms with Crippen LogP contribution in [0.1, 0.15) is 29.8 Å². The van der Waals surface area contributed by atoms with Gasteiger partial charge in [0.15, 0.2) is 0 Å². The Morgan fingerprint density at radius 2 is 1.59 bits per heavy atom. The van der Waals surface area contributed by atoms with E-state index in [1.807, 2.05) is 32.9 Å². The lowest BCUT2D eigenvalue weighted by molar-refractivity contribution is -0.120. The molecule has 2 aromatic rings. The number of nitrogens with one attached hydrogen (secondary N) is 3. The summed E-state index contributed by atoms with van der Waals surface area (Å²) in [4.78, 5) is 36.8. The third-order valence-electron chi connectivity index (χ3n) is 4.23. The predicted molar refractivity (Wildman–Crippen MR) is 113 cm³/mol. The number of ether oxygens (including phenoxy) is 1. The zero-order valence-corrected chi connectivity index (χ0v) is 17.1. The minimum atomic E-state index is -0.691. The van der Waals surface area contributed by atoms with E-state index in [2.05, 4.69) is 16.0 Å². The Morgan fingerprint density at radius 1 is 0.966 bits per heavy atom. The molecule has 154 valence electrons. The number of benzene rings is 2. The van der Waals surface area contributed by atoms with E-state index in [4.69, 9.17) is 4.74 Å². The van der Waals surface area contributed by atoms with Gasteiger partial charge in [-0.1, -0.05) is 31.5 Å². The highest BCUT2D eigenvalue weighted by molar-refractivity contribution is 6.01. The molecule has 2 aromatic carbocycles. The summed E-state index contributed by atoms with van der Waals surface area (Å²) in [6.45, 7) is 5.62. The Balaban J connectivity index is 2.02. The zero-order chi connectivity index (χ0) is 21.4. The molecule has 0 heterocycles. The van der Waals surface area contributed by atoms with E-state index in [1.54, 1.807) is 36.4 Å². The molecule has 0 saturated heterocycles. The molecule has 7 heteroatoms. The lowest BCUT2D eigenvalue weighted by Crippen LogP contribution is -2.47. The molecule has 0 bridgehead atoms. The number of carbonyl (C=O) groups excluding carboxylic acids is 3. The quantitative estimate of drug-likeness (QED) is 0.638. The van der Waals surface area contributed by atoms with Crippen molar-refractivity contribution in [2.45, 2.75) is 26.8 Å². The van der Waals surface area contributed by atoms with Crippen LogP contribution in [0.4, 0.5) is 11.4 Å². The summed E-state index contributed by atoms with van der Waals surface area (Å²) in [5, 5.41) is 8.30. The first-order valence-corrected chi connectivity index (χ1v) is 9.37. The first kappa shape index (κ1) is 22.1. The molecule has 0 spiro atoms. The normalized spacial score (nSPS) is 11.6. The van der Waals surface area contributed by atoms with Gasteiger partial charge in [0, 0.05) is 24.0 Å². The Morgan fingerprint density at radius 3 is 2.14 bits per heavy atom. The number of anilines is 2. The number of carbonyl (C=O) groups is 3. The Hall–Kier alpha value is -3.19. The number of aryl methyl sites for hydroxylation is 1. The van der Waals surface area contributed by atoms with Gasteiger partial charge in [-0.15, -0.1) is 0 Å². The first-order valence-electron chi connectivity index (χ1n) is 9.37. The standard InChI is InChI=1S/C22H27N3O4/c1-14(2)20(25-21(27)16-7-5-6-15(3)12-16)22(28)24-18-10-8-17(9-11-18)23-19(26)13-29-4/h5-12,14,20H,13H2,1-4H3,(H,23,26)(H,24,28)(H,25,27). The molecule has 0 radical (unpaired) electrons. The smallest absolute Gasteiger partial charge is 0.251 e. The van der Waals surface area contributed by atoms with Gasteiger partial charge in [-0.25, -0.2) is 0 Å². The van der Waals surface area contributed by atoms with Crippen LogP contribution in [-0.2, 0) is 14.3 Å². The van der Waals surface area contributed by atoms with Crippen molar-refractivity contribution in [3.8, 4) is 0 Å². The summed E-state index contributed by atoms with van der Waals surface area (Å²) in [6.07, 6.45) is 0. The molecule has 0 aliphatic carbocycles. The van der Waals surface area contributed by atoms with Crippen LogP contribution < -0.4 is 16.0 Å². The second-order valence-corrected chi connectivity index (χ2v) is 7.11. The van der Waals surface area contributed by atoms with Gasteiger partial charge in [-0.05, 0) is 49.2 Å².